The zero-order chi connectivity index (χ0) is 17.2. The van der Waals surface area contributed by atoms with E-state index < -0.39 is 10.2 Å². The van der Waals surface area contributed by atoms with Crippen LogP contribution < -0.4 is 0 Å². The second-order valence-corrected chi connectivity index (χ2v) is 8.48. The van der Waals surface area contributed by atoms with E-state index in [-0.39, 0.29) is 12.2 Å². The van der Waals surface area contributed by atoms with Crippen molar-refractivity contribution in [2.75, 3.05) is 39.9 Å². The predicted octanol–water partition coefficient (Wildman–Crippen LogP) is 2.07. The maximum atomic E-state index is 12.9. The highest BCUT2D eigenvalue weighted by atomic mass is 35.5. The highest BCUT2D eigenvalue weighted by molar-refractivity contribution is 7.86. The van der Waals surface area contributed by atoms with Gasteiger partial charge in [0.2, 0.25) is 0 Å². The molecule has 2 heterocycles. The van der Waals surface area contributed by atoms with Crippen LogP contribution in [0.2, 0.25) is 5.02 Å². The van der Waals surface area contributed by atoms with Crippen LogP contribution in [0.5, 0.6) is 0 Å². The smallest absolute Gasteiger partial charge is 0.282 e. The molecule has 24 heavy (non-hydrogen) atoms. The maximum absolute atomic E-state index is 12.9. The third kappa shape index (κ3) is 3.92. The van der Waals surface area contributed by atoms with E-state index in [1.165, 1.54) is 4.31 Å². The van der Waals surface area contributed by atoms with Crippen molar-refractivity contribution >= 4 is 21.8 Å². The molecule has 8 heteroatoms. The number of nitrogens with zero attached hydrogens (tertiary/aromatic N) is 2. The molecule has 2 aliphatic heterocycles. The standard InChI is InChI=1S/C16H23ClN2O4S/c1-22-15-6-8-18(9-7-15)24(20,21)19-10-11-23-16(12-19)13-2-4-14(17)5-3-13/h2-5,15-16H,6-12H2,1H3/t16-/m1/s1. The monoisotopic (exact) mass is 374 g/mol. The molecule has 2 saturated heterocycles. The van der Waals surface area contributed by atoms with Crippen molar-refractivity contribution in [2.45, 2.75) is 25.0 Å². The number of halogens is 1. The lowest BCUT2D eigenvalue weighted by molar-refractivity contribution is -0.00553. The topological polar surface area (TPSA) is 59.1 Å². The molecule has 0 aliphatic carbocycles. The zero-order valence-corrected chi connectivity index (χ0v) is 15.3. The Labute approximate surface area is 148 Å². The molecule has 134 valence electrons. The average Bonchev–Trinajstić information content (AvgIpc) is 2.62. The molecule has 0 bridgehead atoms. The minimum atomic E-state index is -3.46. The van der Waals surface area contributed by atoms with Gasteiger partial charge in [-0.25, -0.2) is 0 Å². The molecule has 2 fully saturated rings. The Bertz CT molecular complexity index is 645. The van der Waals surface area contributed by atoms with Gasteiger partial charge in [0.05, 0.1) is 18.8 Å². The summed E-state index contributed by atoms with van der Waals surface area (Å²) in [7, 11) is -1.79. The van der Waals surface area contributed by atoms with Gasteiger partial charge in [0, 0.05) is 38.3 Å². The van der Waals surface area contributed by atoms with Gasteiger partial charge >= 0.3 is 0 Å². The number of methoxy groups -OCH3 is 1. The molecule has 0 unspecified atom stereocenters. The van der Waals surface area contributed by atoms with Crippen LogP contribution >= 0.6 is 11.6 Å². The number of ether oxygens (including phenoxy) is 2. The van der Waals surface area contributed by atoms with Gasteiger partial charge in [0.1, 0.15) is 0 Å². The number of benzene rings is 1. The fourth-order valence-electron chi connectivity index (χ4n) is 3.18. The lowest BCUT2D eigenvalue weighted by Gasteiger charge is -2.38. The second-order valence-electron chi connectivity index (χ2n) is 6.11. The minimum Gasteiger partial charge on any atom is -0.381 e. The fraction of sp³-hybridized carbons (Fsp3) is 0.625. The minimum absolute atomic E-state index is 0.156. The van der Waals surface area contributed by atoms with E-state index in [2.05, 4.69) is 0 Å². The molecule has 1 atom stereocenters. The van der Waals surface area contributed by atoms with E-state index in [1.54, 1.807) is 23.5 Å². The molecular weight excluding hydrogens is 352 g/mol. The Kier molecular flexibility index (Phi) is 5.79. The largest absolute Gasteiger partial charge is 0.381 e. The van der Waals surface area contributed by atoms with E-state index in [0.29, 0.717) is 37.8 Å². The van der Waals surface area contributed by atoms with Gasteiger partial charge in [-0.15, -0.1) is 0 Å². The van der Waals surface area contributed by atoms with Gasteiger partial charge < -0.3 is 9.47 Å². The lowest BCUT2D eigenvalue weighted by Crippen LogP contribution is -2.51. The second kappa shape index (κ2) is 7.68. The fourth-order valence-corrected chi connectivity index (χ4v) is 4.93. The molecule has 2 aliphatic rings. The van der Waals surface area contributed by atoms with Crippen LogP contribution in [0.15, 0.2) is 24.3 Å². The first-order valence-electron chi connectivity index (χ1n) is 8.16. The Balaban J connectivity index is 1.68. The van der Waals surface area contributed by atoms with Crippen LogP contribution in [0.25, 0.3) is 0 Å². The van der Waals surface area contributed by atoms with Crippen LogP contribution in [0.4, 0.5) is 0 Å². The molecule has 1 aromatic rings. The third-order valence-electron chi connectivity index (χ3n) is 4.66. The molecule has 3 rings (SSSR count). The number of rotatable bonds is 4. The summed E-state index contributed by atoms with van der Waals surface area (Å²) in [5.74, 6) is 0. The number of morpholine rings is 1. The Hall–Kier alpha value is -0.700. The van der Waals surface area contributed by atoms with E-state index in [4.69, 9.17) is 21.1 Å². The van der Waals surface area contributed by atoms with Crippen LogP contribution in [0.3, 0.4) is 0 Å². The maximum Gasteiger partial charge on any atom is 0.282 e. The van der Waals surface area contributed by atoms with Crippen molar-refractivity contribution in [3.63, 3.8) is 0 Å². The highest BCUT2D eigenvalue weighted by Gasteiger charge is 2.36. The average molecular weight is 375 g/mol. The number of hydrogen-bond acceptors (Lipinski definition) is 4. The van der Waals surface area contributed by atoms with Crippen molar-refractivity contribution in [1.82, 2.24) is 8.61 Å². The quantitative estimate of drug-likeness (QED) is 0.809. The van der Waals surface area contributed by atoms with Crippen LogP contribution in [-0.2, 0) is 19.7 Å². The molecule has 0 saturated carbocycles. The van der Waals surface area contributed by atoms with E-state index in [1.807, 2.05) is 12.1 Å². The first kappa shape index (κ1) is 18.1. The Morgan fingerprint density at radius 1 is 1.12 bits per heavy atom. The van der Waals surface area contributed by atoms with Gasteiger partial charge in [-0.2, -0.15) is 17.0 Å². The molecule has 0 amide bonds. The summed E-state index contributed by atoms with van der Waals surface area (Å²) < 4.78 is 40.0. The van der Waals surface area contributed by atoms with Crippen LogP contribution in [0.1, 0.15) is 24.5 Å². The van der Waals surface area contributed by atoms with E-state index >= 15 is 0 Å². The molecule has 0 aromatic heterocycles. The van der Waals surface area contributed by atoms with Gasteiger partial charge in [-0.3, -0.25) is 0 Å². The van der Waals surface area contributed by atoms with E-state index in [0.717, 1.165) is 18.4 Å². The molecular formula is C16H23ClN2O4S. The molecule has 6 nitrogen and oxygen atoms in total. The first-order valence-corrected chi connectivity index (χ1v) is 9.93. The normalized spacial score (nSPS) is 25.0. The van der Waals surface area contributed by atoms with Crippen molar-refractivity contribution in [3.05, 3.63) is 34.9 Å². The number of hydrogen-bond donors (Lipinski definition) is 0. The van der Waals surface area contributed by atoms with Crippen LogP contribution in [-0.4, -0.2) is 63.0 Å². The van der Waals surface area contributed by atoms with Crippen LogP contribution in [0, 0.1) is 0 Å². The summed E-state index contributed by atoms with van der Waals surface area (Å²) in [6, 6.07) is 7.35. The molecule has 0 N–H and O–H groups in total. The summed E-state index contributed by atoms with van der Waals surface area (Å²) in [5.41, 5.74) is 0.942. The Morgan fingerprint density at radius 2 is 1.79 bits per heavy atom. The molecule has 0 radical (unpaired) electrons. The summed E-state index contributed by atoms with van der Waals surface area (Å²) in [6.07, 6.45) is 1.37. The van der Waals surface area contributed by atoms with Crippen molar-refractivity contribution in [3.8, 4) is 0 Å². The summed E-state index contributed by atoms with van der Waals surface area (Å²) in [6.45, 7) is 2.11. The van der Waals surface area contributed by atoms with Gasteiger partial charge in [-0.1, -0.05) is 23.7 Å². The van der Waals surface area contributed by atoms with Gasteiger partial charge in [0.25, 0.3) is 10.2 Å². The summed E-state index contributed by atoms with van der Waals surface area (Å²) >= 11 is 5.91. The highest BCUT2D eigenvalue weighted by Crippen LogP contribution is 2.27. The summed E-state index contributed by atoms with van der Waals surface area (Å²) in [4.78, 5) is 0. The van der Waals surface area contributed by atoms with Crippen molar-refractivity contribution in [1.29, 1.82) is 0 Å². The number of piperidine rings is 1. The first-order chi connectivity index (χ1) is 11.5. The predicted molar refractivity (Wildman–Crippen MR) is 92.2 cm³/mol. The third-order valence-corrected chi connectivity index (χ3v) is 6.91. The van der Waals surface area contributed by atoms with Crippen molar-refractivity contribution < 1.29 is 17.9 Å². The Morgan fingerprint density at radius 3 is 2.42 bits per heavy atom. The molecule has 0 spiro atoms. The van der Waals surface area contributed by atoms with Gasteiger partial charge in [0.15, 0.2) is 0 Å². The zero-order valence-electron chi connectivity index (χ0n) is 13.7. The molecule has 1 aromatic carbocycles. The lowest BCUT2D eigenvalue weighted by atomic mass is 10.1. The van der Waals surface area contributed by atoms with E-state index in [9.17, 15) is 8.42 Å². The summed E-state index contributed by atoms with van der Waals surface area (Å²) in [5, 5.41) is 0.653. The van der Waals surface area contributed by atoms with Crippen molar-refractivity contribution in [2.24, 2.45) is 0 Å². The SMILES string of the molecule is COC1CCN(S(=O)(=O)N2CCO[C@@H](c3ccc(Cl)cc3)C2)CC1. The van der Waals surface area contributed by atoms with Gasteiger partial charge in [-0.05, 0) is 30.5 Å².